The van der Waals surface area contributed by atoms with Crippen LogP contribution >= 0.6 is 11.6 Å². The Morgan fingerprint density at radius 1 is 1.56 bits per heavy atom. The molecule has 0 aliphatic heterocycles. The summed E-state index contributed by atoms with van der Waals surface area (Å²) in [5.41, 5.74) is -0.901. The number of carbonyl (C=O) groups excluding carboxylic acids is 1. The molecule has 3 nitrogen and oxygen atoms in total. The Morgan fingerprint density at radius 3 is 2.75 bits per heavy atom. The van der Waals surface area contributed by atoms with Gasteiger partial charge in [-0.1, -0.05) is 11.6 Å². The van der Waals surface area contributed by atoms with Crippen molar-refractivity contribution in [2.45, 2.75) is 12.8 Å². The van der Waals surface area contributed by atoms with Crippen LogP contribution in [0.15, 0.2) is 18.2 Å². The Bertz CT molecular complexity index is 491. The highest BCUT2D eigenvalue weighted by Gasteiger charge is 2.50. The number of rotatable bonds is 2. The van der Waals surface area contributed by atoms with Gasteiger partial charge in [0.05, 0.1) is 11.8 Å². The molecule has 1 amide bonds. The first-order valence-electron chi connectivity index (χ1n) is 4.75. The highest BCUT2D eigenvalue weighted by atomic mass is 35.5. The van der Waals surface area contributed by atoms with Crippen molar-refractivity contribution in [1.82, 2.24) is 0 Å². The maximum absolute atomic E-state index is 13.3. The molecule has 0 heterocycles. The Morgan fingerprint density at radius 2 is 2.25 bits per heavy atom. The average Bonchev–Trinajstić information content (AvgIpc) is 3.03. The lowest BCUT2D eigenvalue weighted by Crippen LogP contribution is -2.23. The number of halogens is 2. The zero-order valence-electron chi connectivity index (χ0n) is 8.26. The van der Waals surface area contributed by atoms with Crippen molar-refractivity contribution >= 4 is 23.2 Å². The molecule has 0 spiro atoms. The van der Waals surface area contributed by atoms with Crippen LogP contribution in [0.4, 0.5) is 10.1 Å². The van der Waals surface area contributed by atoms with E-state index in [4.69, 9.17) is 16.9 Å². The van der Waals surface area contributed by atoms with Gasteiger partial charge in [-0.05, 0) is 31.0 Å². The molecule has 2 rings (SSSR count). The molecular formula is C11H8ClFN2O. The SMILES string of the molecule is N#CC1(C(=O)Nc2ccc(Cl)cc2F)CC1. The molecule has 16 heavy (non-hydrogen) atoms. The standard InChI is InChI=1S/C11H8ClFN2O/c12-7-1-2-9(8(13)5-7)15-10(16)11(6-14)3-4-11/h1-2,5H,3-4H2,(H,15,16). The molecule has 0 unspecified atom stereocenters. The van der Waals surface area contributed by atoms with Gasteiger partial charge in [0.15, 0.2) is 0 Å². The van der Waals surface area contributed by atoms with Crippen LogP contribution in [-0.4, -0.2) is 5.91 Å². The molecule has 0 bridgehead atoms. The summed E-state index contributed by atoms with van der Waals surface area (Å²) < 4.78 is 13.3. The van der Waals surface area contributed by atoms with Crippen molar-refractivity contribution in [2.24, 2.45) is 5.41 Å². The topological polar surface area (TPSA) is 52.9 Å². The van der Waals surface area contributed by atoms with E-state index in [0.717, 1.165) is 6.07 Å². The quantitative estimate of drug-likeness (QED) is 0.861. The Labute approximate surface area is 96.8 Å². The molecule has 0 saturated heterocycles. The molecule has 1 N–H and O–H groups in total. The lowest BCUT2D eigenvalue weighted by atomic mass is 10.1. The van der Waals surface area contributed by atoms with E-state index in [1.165, 1.54) is 12.1 Å². The summed E-state index contributed by atoms with van der Waals surface area (Å²) in [5, 5.41) is 11.4. The fourth-order valence-corrected chi connectivity index (χ4v) is 1.51. The minimum absolute atomic E-state index is 0.0518. The summed E-state index contributed by atoms with van der Waals surface area (Å²) in [5.74, 6) is -1.05. The number of benzene rings is 1. The smallest absolute Gasteiger partial charge is 0.244 e. The monoisotopic (exact) mass is 238 g/mol. The van der Waals surface area contributed by atoms with Crippen LogP contribution in [0, 0.1) is 22.6 Å². The molecule has 1 aliphatic rings. The van der Waals surface area contributed by atoms with Crippen molar-refractivity contribution < 1.29 is 9.18 Å². The molecule has 1 saturated carbocycles. The van der Waals surface area contributed by atoms with E-state index in [2.05, 4.69) is 5.32 Å². The summed E-state index contributed by atoms with van der Waals surface area (Å²) in [6, 6.07) is 5.91. The molecule has 5 heteroatoms. The van der Waals surface area contributed by atoms with E-state index in [1.807, 2.05) is 6.07 Å². The van der Waals surface area contributed by atoms with Crippen molar-refractivity contribution in [3.8, 4) is 6.07 Å². The molecule has 1 aromatic carbocycles. The largest absolute Gasteiger partial charge is 0.322 e. The predicted octanol–water partition coefficient (Wildman–Crippen LogP) is 2.72. The third kappa shape index (κ3) is 1.86. The highest BCUT2D eigenvalue weighted by Crippen LogP contribution is 2.45. The summed E-state index contributed by atoms with van der Waals surface area (Å²) in [7, 11) is 0. The lowest BCUT2D eigenvalue weighted by molar-refractivity contribution is -0.119. The molecule has 82 valence electrons. The lowest BCUT2D eigenvalue weighted by Gasteiger charge is -2.08. The number of amides is 1. The van der Waals surface area contributed by atoms with Crippen LogP contribution in [0.5, 0.6) is 0 Å². The van der Waals surface area contributed by atoms with Gasteiger partial charge in [-0.25, -0.2) is 4.39 Å². The number of hydrogen-bond acceptors (Lipinski definition) is 2. The first-order chi connectivity index (χ1) is 7.57. The average molecular weight is 239 g/mol. The van der Waals surface area contributed by atoms with Gasteiger partial charge in [-0.3, -0.25) is 4.79 Å². The van der Waals surface area contributed by atoms with E-state index in [-0.39, 0.29) is 10.7 Å². The van der Waals surface area contributed by atoms with Crippen LogP contribution in [0.1, 0.15) is 12.8 Å². The number of anilines is 1. The van der Waals surface area contributed by atoms with Gasteiger partial charge < -0.3 is 5.32 Å². The van der Waals surface area contributed by atoms with Crippen LogP contribution < -0.4 is 5.32 Å². The maximum Gasteiger partial charge on any atom is 0.244 e. The second-order valence-corrected chi connectivity index (χ2v) is 4.21. The van der Waals surface area contributed by atoms with Gasteiger partial charge >= 0.3 is 0 Å². The van der Waals surface area contributed by atoms with Gasteiger partial charge in [-0.15, -0.1) is 0 Å². The molecular weight excluding hydrogens is 231 g/mol. The number of carbonyl (C=O) groups is 1. The van der Waals surface area contributed by atoms with E-state index in [0.29, 0.717) is 12.8 Å². The number of nitrogens with zero attached hydrogens (tertiary/aromatic N) is 1. The summed E-state index contributed by atoms with van der Waals surface area (Å²) >= 11 is 5.58. The highest BCUT2D eigenvalue weighted by molar-refractivity contribution is 6.30. The van der Waals surface area contributed by atoms with Crippen LogP contribution in [-0.2, 0) is 4.79 Å². The number of nitrogens with one attached hydrogen (secondary N) is 1. The second kappa shape index (κ2) is 3.76. The fourth-order valence-electron chi connectivity index (χ4n) is 1.35. The van der Waals surface area contributed by atoms with E-state index >= 15 is 0 Å². The van der Waals surface area contributed by atoms with E-state index in [9.17, 15) is 9.18 Å². The molecule has 0 aromatic heterocycles. The molecule has 0 atom stereocenters. The maximum atomic E-state index is 13.3. The summed E-state index contributed by atoms with van der Waals surface area (Å²) in [6.45, 7) is 0. The van der Waals surface area contributed by atoms with Crippen LogP contribution in [0.3, 0.4) is 0 Å². The van der Waals surface area contributed by atoms with Gasteiger partial charge in [0, 0.05) is 5.02 Å². The third-order valence-corrected chi connectivity index (χ3v) is 2.81. The van der Waals surface area contributed by atoms with Gasteiger partial charge in [-0.2, -0.15) is 5.26 Å². The third-order valence-electron chi connectivity index (χ3n) is 2.58. The minimum atomic E-state index is -0.952. The first-order valence-corrected chi connectivity index (χ1v) is 5.13. The van der Waals surface area contributed by atoms with Crippen molar-refractivity contribution in [2.75, 3.05) is 5.32 Å². The fraction of sp³-hybridized carbons (Fsp3) is 0.273. The van der Waals surface area contributed by atoms with Crippen molar-refractivity contribution in [3.63, 3.8) is 0 Å². The summed E-state index contributed by atoms with van der Waals surface area (Å²) in [6.07, 6.45) is 1.06. The molecule has 1 aliphatic carbocycles. The molecule has 1 fully saturated rings. The normalized spacial score (nSPS) is 16.3. The van der Waals surface area contributed by atoms with Crippen LogP contribution in [0.2, 0.25) is 5.02 Å². The second-order valence-electron chi connectivity index (χ2n) is 3.77. The van der Waals surface area contributed by atoms with Gasteiger partial charge in [0.2, 0.25) is 5.91 Å². The molecule has 1 aromatic rings. The van der Waals surface area contributed by atoms with E-state index in [1.54, 1.807) is 0 Å². The Hall–Kier alpha value is -1.60. The Kier molecular flexibility index (Phi) is 2.56. The zero-order chi connectivity index (χ0) is 11.8. The minimum Gasteiger partial charge on any atom is -0.322 e. The number of nitriles is 1. The van der Waals surface area contributed by atoms with Crippen molar-refractivity contribution in [3.05, 3.63) is 29.0 Å². The van der Waals surface area contributed by atoms with Crippen molar-refractivity contribution in [1.29, 1.82) is 5.26 Å². The molecule has 0 radical (unpaired) electrons. The van der Waals surface area contributed by atoms with Crippen LogP contribution in [0.25, 0.3) is 0 Å². The zero-order valence-corrected chi connectivity index (χ0v) is 9.01. The van der Waals surface area contributed by atoms with Gasteiger partial charge in [0.25, 0.3) is 0 Å². The van der Waals surface area contributed by atoms with E-state index < -0.39 is 17.1 Å². The first kappa shape index (κ1) is 10.9. The Balaban J connectivity index is 2.16. The van der Waals surface area contributed by atoms with Gasteiger partial charge in [0.1, 0.15) is 11.2 Å². The predicted molar refractivity (Wildman–Crippen MR) is 57.3 cm³/mol. The number of hydrogen-bond donors (Lipinski definition) is 1. The summed E-state index contributed by atoms with van der Waals surface area (Å²) in [4.78, 5) is 11.6.